The van der Waals surface area contributed by atoms with Crippen LogP contribution < -0.4 is 0 Å². The highest BCUT2D eigenvalue weighted by molar-refractivity contribution is 6.77. The van der Waals surface area contributed by atoms with Crippen molar-refractivity contribution in [1.29, 1.82) is 0 Å². The zero-order chi connectivity index (χ0) is 21.2. The monoisotopic (exact) mass is 415 g/mol. The van der Waals surface area contributed by atoms with Crippen LogP contribution >= 0.6 is 0 Å². The molecule has 0 aromatic heterocycles. The first-order chi connectivity index (χ1) is 13.8. The molecule has 1 saturated heterocycles. The van der Waals surface area contributed by atoms with Gasteiger partial charge >= 0.3 is 5.97 Å². The molecule has 0 saturated carbocycles. The van der Waals surface area contributed by atoms with Crippen LogP contribution in [-0.4, -0.2) is 50.5 Å². The van der Waals surface area contributed by atoms with Gasteiger partial charge in [0.25, 0.3) is 0 Å². The standard InChI is InChI=1S/C24H37NO3Si/c1-17(2)29(18(3)4,19(5)6)28-23-14-15-25-16-21(12-13-22(23)25)27-24(26)20-10-8-7-9-11-20/h7-13,17-19,21-23H,14-16H2,1-6H3/t21-,22-,23+/m0/s1. The van der Waals surface area contributed by atoms with E-state index in [1.54, 1.807) is 12.1 Å². The second-order valence-corrected chi connectivity index (χ2v) is 14.8. The van der Waals surface area contributed by atoms with Gasteiger partial charge in [0, 0.05) is 13.1 Å². The lowest BCUT2D eigenvalue weighted by molar-refractivity contribution is 0.0267. The van der Waals surface area contributed by atoms with Gasteiger partial charge < -0.3 is 9.16 Å². The summed E-state index contributed by atoms with van der Waals surface area (Å²) < 4.78 is 12.8. The van der Waals surface area contributed by atoms with Gasteiger partial charge in [-0.1, -0.05) is 65.8 Å². The van der Waals surface area contributed by atoms with Crippen molar-refractivity contribution in [3.8, 4) is 0 Å². The summed E-state index contributed by atoms with van der Waals surface area (Å²) in [6.45, 7) is 15.8. The summed E-state index contributed by atoms with van der Waals surface area (Å²) in [5, 5.41) is 0. The zero-order valence-corrected chi connectivity index (χ0v) is 19.8. The summed E-state index contributed by atoms with van der Waals surface area (Å²) in [6, 6.07) is 9.52. The quantitative estimate of drug-likeness (QED) is 0.339. The fourth-order valence-corrected chi connectivity index (χ4v) is 11.1. The molecule has 1 aromatic rings. The number of hydrogen-bond acceptors (Lipinski definition) is 4. The van der Waals surface area contributed by atoms with Crippen molar-refractivity contribution in [1.82, 2.24) is 4.90 Å². The highest BCUT2D eigenvalue weighted by Gasteiger charge is 2.49. The van der Waals surface area contributed by atoms with Crippen molar-refractivity contribution in [2.45, 2.75) is 82.8 Å². The molecule has 0 spiro atoms. The van der Waals surface area contributed by atoms with E-state index >= 15 is 0 Å². The van der Waals surface area contributed by atoms with E-state index in [1.807, 2.05) is 18.2 Å². The molecule has 1 aromatic carbocycles. The van der Waals surface area contributed by atoms with Gasteiger partial charge in [0.05, 0.1) is 17.7 Å². The van der Waals surface area contributed by atoms with E-state index in [9.17, 15) is 4.79 Å². The van der Waals surface area contributed by atoms with Crippen LogP contribution in [0.4, 0.5) is 0 Å². The smallest absolute Gasteiger partial charge is 0.338 e. The fraction of sp³-hybridized carbons (Fsp3) is 0.625. The Hall–Kier alpha value is -1.43. The Morgan fingerprint density at radius 1 is 1.00 bits per heavy atom. The van der Waals surface area contributed by atoms with Crippen LogP contribution in [0.15, 0.2) is 42.5 Å². The number of esters is 1. The number of ether oxygens (including phenoxy) is 1. The number of rotatable bonds is 7. The second-order valence-electron chi connectivity index (χ2n) is 9.44. The second kappa shape index (κ2) is 9.15. The molecular formula is C24H37NO3Si. The van der Waals surface area contributed by atoms with Crippen LogP contribution in [0.2, 0.25) is 16.6 Å². The molecule has 0 N–H and O–H groups in total. The summed E-state index contributed by atoms with van der Waals surface area (Å²) in [5.41, 5.74) is 2.36. The minimum Gasteiger partial charge on any atom is -0.453 e. The predicted octanol–water partition coefficient (Wildman–Crippen LogP) is 5.42. The van der Waals surface area contributed by atoms with E-state index in [2.05, 4.69) is 58.6 Å². The first-order valence-electron chi connectivity index (χ1n) is 11.1. The molecule has 2 heterocycles. The van der Waals surface area contributed by atoms with Crippen molar-refractivity contribution < 1.29 is 14.0 Å². The molecule has 3 rings (SSSR count). The Morgan fingerprint density at radius 3 is 2.21 bits per heavy atom. The number of hydrogen-bond donors (Lipinski definition) is 0. The first-order valence-corrected chi connectivity index (χ1v) is 13.3. The highest BCUT2D eigenvalue weighted by Crippen LogP contribution is 2.44. The zero-order valence-electron chi connectivity index (χ0n) is 18.8. The van der Waals surface area contributed by atoms with E-state index in [4.69, 9.17) is 9.16 Å². The number of carbonyl (C=O) groups excluding carboxylic acids is 1. The maximum absolute atomic E-state index is 12.4. The van der Waals surface area contributed by atoms with Crippen molar-refractivity contribution in [3.63, 3.8) is 0 Å². The normalized spacial score (nSPS) is 25.1. The molecule has 160 valence electrons. The van der Waals surface area contributed by atoms with Gasteiger partial charge in [-0.05, 0) is 41.3 Å². The molecule has 0 aliphatic carbocycles. The van der Waals surface area contributed by atoms with Gasteiger partial charge in [-0.3, -0.25) is 4.90 Å². The topological polar surface area (TPSA) is 38.8 Å². The molecule has 1 fully saturated rings. The van der Waals surface area contributed by atoms with Gasteiger partial charge in [-0.15, -0.1) is 0 Å². The minimum absolute atomic E-state index is 0.194. The van der Waals surface area contributed by atoms with E-state index < -0.39 is 8.32 Å². The largest absolute Gasteiger partial charge is 0.453 e. The molecule has 0 bridgehead atoms. The Labute approximate surface area is 177 Å². The van der Waals surface area contributed by atoms with Crippen LogP contribution in [0.25, 0.3) is 0 Å². The summed E-state index contributed by atoms with van der Waals surface area (Å²) in [6.07, 6.45) is 5.38. The van der Waals surface area contributed by atoms with E-state index in [0.29, 0.717) is 28.2 Å². The summed E-state index contributed by atoms with van der Waals surface area (Å²) >= 11 is 0. The van der Waals surface area contributed by atoms with Gasteiger partial charge in [-0.2, -0.15) is 0 Å². The number of carbonyl (C=O) groups is 1. The Bertz CT molecular complexity index is 694. The van der Waals surface area contributed by atoms with E-state index in [-0.39, 0.29) is 18.2 Å². The maximum atomic E-state index is 12.4. The molecular weight excluding hydrogens is 378 g/mol. The number of benzene rings is 1. The molecule has 2 aliphatic rings. The Morgan fingerprint density at radius 2 is 1.62 bits per heavy atom. The van der Waals surface area contributed by atoms with Crippen LogP contribution in [0.3, 0.4) is 0 Å². The third kappa shape index (κ3) is 4.52. The molecule has 4 nitrogen and oxygen atoms in total. The summed E-state index contributed by atoms with van der Waals surface area (Å²) in [5.74, 6) is -0.253. The van der Waals surface area contributed by atoms with Gasteiger partial charge in [0.2, 0.25) is 8.32 Å². The lowest BCUT2D eigenvalue weighted by Gasteiger charge is -2.45. The molecule has 2 aliphatic heterocycles. The van der Waals surface area contributed by atoms with Crippen molar-refractivity contribution in [2.24, 2.45) is 0 Å². The molecule has 3 atom stereocenters. The lowest BCUT2D eigenvalue weighted by atomic mass is 10.1. The number of fused-ring (bicyclic) bond motifs is 1. The van der Waals surface area contributed by atoms with Gasteiger partial charge in [-0.25, -0.2) is 4.79 Å². The Kier molecular flexibility index (Phi) is 7.02. The van der Waals surface area contributed by atoms with Gasteiger partial charge in [0.1, 0.15) is 6.10 Å². The minimum atomic E-state index is -1.90. The third-order valence-electron chi connectivity index (χ3n) is 6.77. The van der Waals surface area contributed by atoms with Crippen molar-refractivity contribution in [3.05, 3.63) is 48.0 Å². The SMILES string of the molecule is CC(C)[Si](O[C@@H]1CCN2C[C@@H](OC(=O)c3ccccc3)C=C[C@@H]12)(C(C)C)C(C)C. The Balaban J connectivity index is 1.68. The van der Waals surface area contributed by atoms with E-state index in [0.717, 1.165) is 19.5 Å². The summed E-state index contributed by atoms with van der Waals surface area (Å²) in [4.78, 5) is 14.8. The third-order valence-corrected chi connectivity index (χ3v) is 12.9. The predicted molar refractivity (Wildman–Crippen MR) is 121 cm³/mol. The van der Waals surface area contributed by atoms with Crippen LogP contribution in [0.5, 0.6) is 0 Å². The van der Waals surface area contributed by atoms with E-state index in [1.165, 1.54) is 0 Å². The number of nitrogens with zero attached hydrogens (tertiary/aromatic N) is 1. The fourth-order valence-electron chi connectivity index (χ4n) is 5.49. The average Bonchev–Trinajstić information content (AvgIpc) is 3.07. The average molecular weight is 416 g/mol. The summed E-state index contributed by atoms with van der Waals surface area (Å²) in [7, 11) is -1.90. The van der Waals surface area contributed by atoms with Crippen molar-refractivity contribution >= 4 is 14.3 Å². The van der Waals surface area contributed by atoms with Gasteiger partial charge in [0.15, 0.2) is 0 Å². The van der Waals surface area contributed by atoms with Crippen LogP contribution in [0.1, 0.15) is 58.3 Å². The molecule has 5 heteroatoms. The lowest BCUT2D eigenvalue weighted by Crippen LogP contribution is -2.53. The van der Waals surface area contributed by atoms with Crippen molar-refractivity contribution in [2.75, 3.05) is 13.1 Å². The maximum Gasteiger partial charge on any atom is 0.338 e. The molecule has 0 radical (unpaired) electrons. The molecule has 0 amide bonds. The molecule has 0 unspecified atom stereocenters. The highest BCUT2D eigenvalue weighted by atomic mass is 28.4. The van der Waals surface area contributed by atoms with Crippen LogP contribution in [0, 0.1) is 0 Å². The first kappa shape index (κ1) is 22.3. The van der Waals surface area contributed by atoms with Crippen LogP contribution in [-0.2, 0) is 9.16 Å². The molecule has 29 heavy (non-hydrogen) atoms.